The van der Waals surface area contributed by atoms with E-state index in [1.54, 1.807) is 12.1 Å². The zero-order valence-corrected chi connectivity index (χ0v) is 17.8. The van der Waals surface area contributed by atoms with E-state index in [2.05, 4.69) is 26.1 Å². The number of nitrogens with one attached hydrogen (secondary N) is 1. The summed E-state index contributed by atoms with van der Waals surface area (Å²) in [6.07, 6.45) is 1.47. The average molecular weight is 406 g/mol. The second-order valence-corrected chi connectivity index (χ2v) is 7.49. The molecule has 2 N–H and O–H groups in total. The topological polar surface area (TPSA) is 58.6 Å². The van der Waals surface area contributed by atoms with Gasteiger partial charge in [0.25, 0.3) is 0 Å². The number of β-amino-alcohol motifs (C(OH)–C–C–N with tert-alkyl or cyclic N) is 1. The lowest BCUT2D eigenvalue weighted by Crippen LogP contribution is -2.44. The molecular weight excluding hydrogens is 374 g/mol. The minimum absolute atomic E-state index is 0. The van der Waals surface area contributed by atoms with Crippen molar-refractivity contribution in [3.63, 3.8) is 0 Å². The Morgan fingerprint density at radius 2 is 1.75 bits per heavy atom. The van der Waals surface area contributed by atoms with Gasteiger partial charge in [-0.3, -0.25) is 4.79 Å². The van der Waals surface area contributed by atoms with E-state index in [0.717, 1.165) is 12.0 Å². The number of ether oxygens (including phenoxy) is 1. The largest absolute Gasteiger partial charge is 0.490 e. The predicted molar refractivity (Wildman–Crippen MR) is 117 cm³/mol. The van der Waals surface area contributed by atoms with Gasteiger partial charge >= 0.3 is 0 Å². The molecule has 0 saturated heterocycles. The van der Waals surface area contributed by atoms with E-state index >= 15 is 0 Å². The lowest BCUT2D eigenvalue weighted by molar-refractivity contribution is 0.0927. The Balaban J connectivity index is 0.00000392. The van der Waals surface area contributed by atoms with Crippen LogP contribution in [0.4, 0.5) is 0 Å². The summed E-state index contributed by atoms with van der Waals surface area (Å²) >= 11 is 0. The highest BCUT2D eigenvalue weighted by Crippen LogP contribution is 2.21. The molecule has 0 aliphatic heterocycles. The molecule has 0 bridgehead atoms. The van der Waals surface area contributed by atoms with Gasteiger partial charge in [0.2, 0.25) is 0 Å². The highest BCUT2D eigenvalue weighted by Gasteiger charge is 2.17. The van der Waals surface area contributed by atoms with Gasteiger partial charge in [0.15, 0.2) is 5.78 Å². The van der Waals surface area contributed by atoms with Crippen molar-refractivity contribution >= 4 is 18.2 Å². The molecule has 2 aromatic carbocycles. The zero-order valence-electron chi connectivity index (χ0n) is 17.0. The van der Waals surface area contributed by atoms with Crippen LogP contribution in [0.25, 0.3) is 0 Å². The van der Waals surface area contributed by atoms with Crippen LogP contribution in [0.5, 0.6) is 5.75 Å². The summed E-state index contributed by atoms with van der Waals surface area (Å²) in [5.74, 6) is 0.582. The first-order valence-corrected chi connectivity index (χ1v) is 9.63. The minimum Gasteiger partial charge on any atom is -0.490 e. The van der Waals surface area contributed by atoms with Crippen LogP contribution in [0.15, 0.2) is 54.6 Å². The van der Waals surface area contributed by atoms with E-state index in [4.69, 9.17) is 4.74 Å². The molecule has 0 fully saturated rings. The molecule has 0 saturated carbocycles. The van der Waals surface area contributed by atoms with E-state index < -0.39 is 6.10 Å². The number of rotatable bonds is 11. The molecule has 0 radical (unpaired) electrons. The molecule has 5 heteroatoms. The number of carbonyl (C=O) groups is 1. The molecule has 1 atom stereocenters. The number of benzene rings is 2. The number of Topliss-reactive ketones (excluding diaryl/α,β-unsaturated/α-hetero) is 1. The quantitative estimate of drug-likeness (QED) is 0.542. The summed E-state index contributed by atoms with van der Waals surface area (Å²) in [7, 11) is 0. The van der Waals surface area contributed by atoms with E-state index in [1.807, 2.05) is 42.5 Å². The molecule has 0 spiro atoms. The number of aliphatic hydroxyl groups excluding tert-OH is 1. The number of hydrogen-bond acceptors (Lipinski definition) is 4. The van der Waals surface area contributed by atoms with E-state index in [-0.39, 0.29) is 30.3 Å². The average Bonchev–Trinajstić information content (AvgIpc) is 2.70. The van der Waals surface area contributed by atoms with Crippen LogP contribution in [0, 0.1) is 0 Å². The molecule has 0 aliphatic rings. The minimum atomic E-state index is -0.636. The molecule has 0 aromatic heterocycles. The molecule has 0 amide bonds. The first kappa shape index (κ1) is 24.2. The second-order valence-electron chi connectivity index (χ2n) is 7.49. The summed E-state index contributed by atoms with van der Waals surface area (Å²) in [6, 6.07) is 17.2. The summed E-state index contributed by atoms with van der Waals surface area (Å²) < 4.78 is 5.76. The summed E-state index contributed by atoms with van der Waals surface area (Å²) in [5.41, 5.74) is 1.69. The standard InChI is InChI=1S/C23H31NO3.ClH/c1-4-23(2,3)24-16-19(25)17-27-22-13-9-8-12-20(22)21(26)15-14-18-10-6-5-7-11-18;/h5-13,19,24-25H,4,14-17H2,1-3H3;1H/t19-;/m1./s1. The highest BCUT2D eigenvalue weighted by molar-refractivity contribution is 5.98. The SMILES string of the molecule is CCC(C)(C)NC[C@@H](O)COc1ccccc1C(=O)CCc1ccccc1.Cl. The third kappa shape index (κ3) is 8.01. The number of halogens is 1. The van der Waals surface area contributed by atoms with Crippen molar-refractivity contribution in [2.24, 2.45) is 0 Å². The number of ketones is 1. The molecule has 154 valence electrons. The molecule has 28 heavy (non-hydrogen) atoms. The molecule has 0 heterocycles. The Kier molecular flexibility index (Phi) is 10.2. The van der Waals surface area contributed by atoms with Crippen LogP contribution in [0.2, 0.25) is 0 Å². The van der Waals surface area contributed by atoms with Crippen molar-refractivity contribution in [2.45, 2.75) is 51.7 Å². The fraction of sp³-hybridized carbons (Fsp3) is 0.435. The smallest absolute Gasteiger partial charge is 0.166 e. The van der Waals surface area contributed by atoms with Gasteiger partial charge in [-0.25, -0.2) is 0 Å². The summed E-state index contributed by atoms with van der Waals surface area (Å²) in [6.45, 7) is 6.90. The molecule has 0 aliphatic carbocycles. The van der Waals surface area contributed by atoms with Gasteiger partial charge < -0.3 is 15.2 Å². The van der Waals surface area contributed by atoms with E-state index in [0.29, 0.717) is 30.7 Å². The van der Waals surface area contributed by atoms with Gasteiger partial charge in [0.1, 0.15) is 18.5 Å². The van der Waals surface area contributed by atoms with Gasteiger partial charge in [0.05, 0.1) is 5.56 Å². The molecule has 4 nitrogen and oxygen atoms in total. The normalized spacial score (nSPS) is 12.1. The van der Waals surface area contributed by atoms with Crippen molar-refractivity contribution in [3.8, 4) is 5.75 Å². The Morgan fingerprint density at radius 3 is 2.43 bits per heavy atom. The third-order valence-corrected chi connectivity index (χ3v) is 4.80. The second kappa shape index (κ2) is 11.8. The first-order chi connectivity index (χ1) is 12.9. The maximum atomic E-state index is 12.6. The first-order valence-electron chi connectivity index (χ1n) is 9.63. The van der Waals surface area contributed by atoms with Crippen LogP contribution < -0.4 is 10.1 Å². The van der Waals surface area contributed by atoms with Crippen LogP contribution in [-0.2, 0) is 6.42 Å². The monoisotopic (exact) mass is 405 g/mol. The van der Waals surface area contributed by atoms with Gasteiger partial charge in [-0.05, 0) is 44.4 Å². The zero-order chi connectivity index (χ0) is 19.7. The molecular formula is C23H32ClNO3. The fourth-order valence-electron chi connectivity index (χ4n) is 2.62. The fourth-order valence-corrected chi connectivity index (χ4v) is 2.62. The number of hydrogen-bond donors (Lipinski definition) is 2. The summed E-state index contributed by atoms with van der Waals surface area (Å²) in [5, 5.41) is 13.5. The lowest BCUT2D eigenvalue weighted by Gasteiger charge is -2.26. The van der Waals surface area contributed by atoms with Gasteiger partial charge in [-0.1, -0.05) is 49.4 Å². The Labute approximate surface area is 174 Å². The van der Waals surface area contributed by atoms with Gasteiger partial charge in [-0.15, -0.1) is 12.4 Å². The van der Waals surface area contributed by atoms with Crippen molar-refractivity contribution < 1.29 is 14.6 Å². The predicted octanol–water partition coefficient (Wildman–Crippen LogP) is 4.44. The Bertz CT molecular complexity index is 719. The maximum absolute atomic E-state index is 12.6. The van der Waals surface area contributed by atoms with Gasteiger partial charge in [-0.2, -0.15) is 0 Å². The van der Waals surface area contributed by atoms with E-state index in [1.165, 1.54) is 0 Å². The van der Waals surface area contributed by atoms with Crippen molar-refractivity contribution in [3.05, 3.63) is 65.7 Å². The maximum Gasteiger partial charge on any atom is 0.166 e. The van der Waals surface area contributed by atoms with Crippen LogP contribution in [0.3, 0.4) is 0 Å². The van der Waals surface area contributed by atoms with Crippen LogP contribution in [0.1, 0.15) is 49.5 Å². The third-order valence-electron chi connectivity index (χ3n) is 4.80. The number of aryl methyl sites for hydroxylation is 1. The summed E-state index contributed by atoms with van der Waals surface area (Å²) in [4.78, 5) is 12.6. The highest BCUT2D eigenvalue weighted by atomic mass is 35.5. The molecule has 0 unspecified atom stereocenters. The number of aliphatic hydroxyl groups is 1. The van der Waals surface area contributed by atoms with Crippen LogP contribution >= 0.6 is 12.4 Å². The number of carbonyl (C=O) groups excluding carboxylic acids is 1. The van der Waals surface area contributed by atoms with Crippen LogP contribution in [-0.4, -0.2) is 35.7 Å². The Morgan fingerprint density at radius 1 is 1.11 bits per heavy atom. The molecule has 2 rings (SSSR count). The van der Waals surface area contributed by atoms with Crippen molar-refractivity contribution in [1.29, 1.82) is 0 Å². The Hall–Kier alpha value is -1.88. The van der Waals surface area contributed by atoms with Crippen molar-refractivity contribution in [1.82, 2.24) is 5.32 Å². The number of para-hydroxylation sites is 1. The van der Waals surface area contributed by atoms with Crippen molar-refractivity contribution in [2.75, 3.05) is 13.2 Å². The lowest BCUT2D eigenvalue weighted by atomic mass is 10.0. The van der Waals surface area contributed by atoms with Gasteiger partial charge in [0, 0.05) is 18.5 Å². The van der Waals surface area contributed by atoms with E-state index in [9.17, 15) is 9.90 Å². The molecule has 2 aromatic rings.